The third-order valence-corrected chi connectivity index (χ3v) is 3.17. The Bertz CT molecular complexity index is 300. The van der Waals surface area contributed by atoms with E-state index >= 15 is 0 Å². The largest absolute Gasteiger partial charge is 0.315 e. The van der Waals surface area contributed by atoms with Crippen molar-refractivity contribution in [2.45, 2.75) is 65.5 Å². The van der Waals surface area contributed by atoms with E-state index in [4.69, 9.17) is 0 Å². The van der Waals surface area contributed by atoms with Crippen molar-refractivity contribution >= 4 is 0 Å². The quantitative estimate of drug-likeness (QED) is 0.704. The van der Waals surface area contributed by atoms with Crippen molar-refractivity contribution in [3.05, 3.63) is 18.0 Å². The van der Waals surface area contributed by atoms with Gasteiger partial charge in [-0.1, -0.05) is 27.7 Å². The fourth-order valence-electron chi connectivity index (χ4n) is 2.05. The summed E-state index contributed by atoms with van der Waals surface area (Å²) in [6, 6.07) is 1.15. The van der Waals surface area contributed by atoms with Gasteiger partial charge >= 0.3 is 0 Å². The molecule has 1 aromatic heterocycles. The highest BCUT2D eigenvalue weighted by atomic mass is 15.3. The minimum absolute atomic E-state index is 0.567. The van der Waals surface area contributed by atoms with Crippen LogP contribution in [0.5, 0.6) is 0 Å². The normalized spacial score (nSPS) is 11.6. The molecule has 1 N–H and O–H groups in total. The van der Waals surface area contributed by atoms with E-state index in [0.717, 1.165) is 25.8 Å². The summed E-state index contributed by atoms with van der Waals surface area (Å²) in [5, 5.41) is 7.91. The Balaban J connectivity index is 2.35. The topological polar surface area (TPSA) is 29.9 Å². The van der Waals surface area contributed by atoms with Crippen LogP contribution in [0.15, 0.2) is 12.4 Å². The highest BCUT2D eigenvalue weighted by Gasteiger charge is 2.07. The van der Waals surface area contributed by atoms with E-state index in [1.165, 1.54) is 12.0 Å². The second-order valence-electron chi connectivity index (χ2n) is 5.01. The van der Waals surface area contributed by atoms with Crippen molar-refractivity contribution in [2.24, 2.45) is 0 Å². The molecular weight excluding hydrogens is 210 g/mol. The van der Waals surface area contributed by atoms with E-state index in [9.17, 15) is 0 Å². The van der Waals surface area contributed by atoms with Crippen molar-refractivity contribution in [3.63, 3.8) is 0 Å². The fourth-order valence-corrected chi connectivity index (χ4v) is 2.05. The molecule has 0 spiro atoms. The summed E-state index contributed by atoms with van der Waals surface area (Å²) in [6.45, 7) is 9.91. The lowest BCUT2D eigenvalue weighted by Crippen LogP contribution is -2.23. The molecule has 0 atom stereocenters. The van der Waals surface area contributed by atoms with Crippen molar-refractivity contribution < 1.29 is 0 Å². The summed E-state index contributed by atoms with van der Waals surface area (Å²) < 4.78 is 2.13. The molecule has 0 saturated carbocycles. The second kappa shape index (κ2) is 7.49. The van der Waals surface area contributed by atoms with Crippen LogP contribution in [0.4, 0.5) is 0 Å². The fraction of sp³-hybridized carbons (Fsp3) is 0.786. The molecule has 0 amide bonds. The first-order valence-corrected chi connectivity index (χ1v) is 6.93. The summed E-state index contributed by atoms with van der Waals surface area (Å²) in [4.78, 5) is 0. The first kappa shape index (κ1) is 14.2. The molecule has 0 fully saturated rings. The van der Waals surface area contributed by atoms with Gasteiger partial charge < -0.3 is 5.32 Å². The predicted molar refractivity (Wildman–Crippen MR) is 73.3 cm³/mol. The molecule has 0 saturated heterocycles. The SMILES string of the molecule is CCC(CC)n1cc(CCCNC(C)C)cn1. The highest BCUT2D eigenvalue weighted by Crippen LogP contribution is 2.15. The monoisotopic (exact) mass is 237 g/mol. The Morgan fingerprint density at radius 1 is 1.29 bits per heavy atom. The van der Waals surface area contributed by atoms with Crippen molar-refractivity contribution in [2.75, 3.05) is 6.54 Å². The molecular formula is C14H27N3. The Morgan fingerprint density at radius 3 is 2.59 bits per heavy atom. The number of hydrogen-bond acceptors (Lipinski definition) is 2. The first-order valence-electron chi connectivity index (χ1n) is 6.93. The van der Waals surface area contributed by atoms with E-state index in [1.54, 1.807) is 0 Å². The van der Waals surface area contributed by atoms with E-state index in [0.29, 0.717) is 12.1 Å². The zero-order valence-corrected chi connectivity index (χ0v) is 11.7. The van der Waals surface area contributed by atoms with E-state index in [-0.39, 0.29) is 0 Å². The molecule has 98 valence electrons. The molecule has 0 aliphatic rings. The molecule has 0 aromatic carbocycles. The van der Waals surface area contributed by atoms with Gasteiger partial charge in [0.25, 0.3) is 0 Å². The summed E-state index contributed by atoms with van der Waals surface area (Å²) in [5.74, 6) is 0. The smallest absolute Gasteiger partial charge is 0.0521 e. The Kier molecular flexibility index (Phi) is 6.27. The van der Waals surface area contributed by atoms with Gasteiger partial charge in [0.1, 0.15) is 0 Å². The molecule has 0 unspecified atom stereocenters. The van der Waals surface area contributed by atoms with Crippen LogP contribution in [0.2, 0.25) is 0 Å². The summed E-state index contributed by atoms with van der Waals surface area (Å²) in [6.07, 6.45) is 8.87. The summed E-state index contributed by atoms with van der Waals surface area (Å²) in [5.41, 5.74) is 1.36. The van der Waals surface area contributed by atoms with Crippen LogP contribution in [0.1, 0.15) is 58.6 Å². The molecule has 0 radical (unpaired) electrons. The van der Waals surface area contributed by atoms with Gasteiger partial charge in [0.15, 0.2) is 0 Å². The maximum atomic E-state index is 4.47. The van der Waals surface area contributed by atoms with Crippen molar-refractivity contribution in [3.8, 4) is 0 Å². The summed E-state index contributed by atoms with van der Waals surface area (Å²) in [7, 11) is 0. The average molecular weight is 237 g/mol. The number of aryl methyl sites for hydroxylation is 1. The zero-order valence-electron chi connectivity index (χ0n) is 11.7. The number of nitrogens with zero attached hydrogens (tertiary/aromatic N) is 2. The minimum Gasteiger partial charge on any atom is -0.315 e. The van der Waals surface area contributed by atoms with Crippen molar-refractivity contribution in [1.29, 1.82) is 0 Å². The van der Waals surface area contributed by atoms with Crippen LogP contribution < -0.4 is 5.32 Å². The van der Waals surface area contributed by atoms with E-state index in [2.05, 4.69) is 49.0 Å². The molecule has 3 nitrogen and oxygen atoms in total. The van der Waals surface area contributed by atoms with E-state index < -0.39 is 0 Å². The molecule has 0 bridgehead atoms. The van der Waals surface area contributed by atoms with Crippen LogP contribution in [0.3, 0.4) is 0 Å². The van der Waals surface area contributed by atoms with Gasteiger partial charge in [-0.3, -0.25) is 4.68 Å². The van der Waals surface area contributed by atoms with Gasteiger partial charge in [-0.15, -0.1) is 0 Å². The van der Waals surface area contributed by atoms with E-state index in [1.807, 2.05) is 6.20 Å². The lowest BCUT2D eigenvalue weighted by molar-refractivity contribution is 0.428. The van der Waals surface area contributed by atoms with Gasteiger partial charge in [0.05, 0.1) is 12.2 Å². The number of rotatable bonds is 8. The number of nitrogens with one attached hydrogen (secondary N) is 1. The van der Waals surface area contributed by atoms with Crippen LogP contribution in [-0.2, 0) is 6.42 Å². The maximum Gasteiger partial charge on any atom is 0.0521 e. The second-order valence-corrected chi connectivity index (χ2v) is 5.01. The van der Waals surface area contributed by atoms with Gasteiger partial charge in [-0.2, -0.15) is 5.10 Å². The lowest BCUT2D eigenvalue weighted by Gasteiger charge is -2.12. The first-order chi connectivity index (χ1) is 8.17. The molecule has 0 aliphatic carbocycles. The molecule has 3 heteroatoms. The standard InChI is InChI=1S/C14H27N3/c1-5-14(6-2)17-11-13(10-16-17)8-7-9-15-12(3)4/h10-12,14-15H,5-9H2,1-4H3. The molecule has 1 aromatic rings. The highest BCUT2D eigenvalue weighted by molar-refractivity contribution is 5.04. The van der Waals surface area contributed by atoms with Crippen LogP contribution in [0.25, 0.3) is 0 Å². The lowest BCUT2D eigenvalue weighted by atomic mass is 10.1. The van der Waals surface area contributed by atoms with Gasteiger partial charge in [0.2, 0.25) is 0 Å². The van der Waals surface area contributed by atoms with Gasteiger partial charge in [0, 0.05) is 12.2 Å². The Labute approximate surface area is 106 Å². The number of hydrogen-bond donors (Lipinski definition) is 1. The average Bonchev–Trinajstić information content (AvgIpc) is 2.75. The Hall–Kier alpha value is -0.830. The third-order valence-electron chi connectivity index (χ3n) is 3.17. The molecule has 1 rings (SSSR count). The van der Waals surface area contributed by atoms with Crippen LogP contribution >= 0.6 is 0 Å². The summed E-state index contributed by atoms with van der Waals surface area (Å²) >= 11 is 0. The van der Waals surface area contributed by atoms with Gasteiger partial charge in [-0.05, 0) is 37.8 Å². The maximum absolute atomic E-state index is 4.47. The van der Waals surface area contributed by atoms with Crippen molar-refractivity contribution in [1.82, 2.24) is 15.1 Å². The molecule has 17 heavy (non-hydrogen) atoms. The molecule has 1 heterocycles. The predicted octanol–water partition coefficient (Wildman–Crippen LogP) is 3.17. The van der Waals surface area contributed by atoms with Crippen LogP contribution in [0, 0.1) is 0 Å². The Morgan fingerprint density at radius 2 is 2.00 bits per heavy atom. The zero-order chi connectivity index (χ0) is 12.7. The minimum atomic E-state index is 0.567. The van der Waals surface area contributed by atoms with Gasteiger partial charge in [-0.25, -0.2) is 0 Å². The van der Waals surface area contributed by atoms with Crippen LogP contribution in [-0.4, -0.2) is 22.4 Å². The third kappa shape index (κ3) is 4.90. The molecule has 0 aliphatic heterocycles. The number of aromatic nitrogens is 2.